The molecule has 0 saturated carbocycles. The molecular formula is C15H16N4. The summed E-state index contributed by atoms with van der Waals surface area (Å²) in [5.74, 6) is 1.05. The number of anilines is 1. The molecule has 0 bridgehead atoms. The van der Waals surface area contributed by atoms with E-state index in [2.05, 4.69) is 45.0 Å². The van der Waals surface area contributed by atoms with Crippen LogP contribution < -0.4 is 5.32 Å². The molecule has 0 spiro atoms. The molecule has 2 heterocycles. The fraction of sp³-hybridized carbons (Fsp3) is 0.200. The Hall–Kier alpha value is -2.36. The lowest BCUT2D eigenvalue weighted by Crippen LogP contribution is -2.07. The smallest absolute Gasteiger partial charge is 0.129 e. The Morgan fingerprint density at radius 2 is 2.05 bits per heavy atom. The second kappa shape index (κ2) is 5.10. The summed E-state index contributed by atoms with van der Waals surface area (Å²) in [6, 6.07) is 12.2. The highest BCUT2D eigenvalue weighted by Crippen LogP contribution is 2.16. The van der Waals surface area contributed by atoms with Gasteiger partial charge in [0, 0.05) is 18.9 Å². The quantitative estimate of drug-likeness (QED) is 0.776. The average Bonchev–Trinajstić information content (AvgIpc) is 2.83. The molecule has 0 amide bonds. The SMILES string of the molecule is CCn1c(CNc2cccnc2)nc2ccccc21. The van der Waals surface area contributed by atoms with Gasteiger partial charge in [-0.05, 0) is 31.2 Å². The van der Waals surface area contributed by atoms with Crippen LogP contribution in [0.1, 0.15) is 12.7 Å². The van der Waals surface area contributed by atoms with Crippen LogP contribution in [-0.2, 0) is 13.1 Å². The van der Waals surface area contributed by atoms with Gasteiger partial charge >= 0.3 is 0 Å². The molecule has 0 atom stereocenters. The maximum atomic E-state index is 4.68. The highest BCUT2D eigenvalue weighted by molar-refractivity contribution is 5.75. The number of imidazole rings is 1. The first-order chi connectivity index (χ1) is 9.38. The van der Waals surface area contributed by atoms with E-state index in [9.17, 15) is 0 Å². The van der Waals surface area contributed by atoms with Crippen molar-refractivity contribution in [2.45, 2.75) is 20.0 Å². The average molecular weight is 252 g/mol. The van der Waals surface area contributed by atoms with Gasteiger partial charge in [-0.25, -0.2) is 4.98 Å². The number of pyridine rings is 1. The number of aromatic nitrogens is 3. The summed E-state index contributed by atoms with van der Waals surface area (Å²) < 4.78 is 2.23. The van der Waals surface area contributed by atoms with Crippen molar-refractivity contribution in [3.8, 4) is 0 Å². The zero-order valence-corrected chi connectivity index (χ0v) is 10.9. The third-order valence-corrected chi connectivity index (χ3v) is 3.16. The van der Waals surface area contributed by atoms with Crippen molar-refractivity contribution < 1.29 is 0 Å². The van der Waals surface area contributed by atoms with Crippen molar-refractivity contribution in [2.24, 2.45) is 0 Å². The Morgan fingerprint density at radius 1 is 1.16 bits per heavy atom. The molecule has 96 valence electrons. The summed E-state index contributed by atoms with van der Waals surface area (Å²) in [4.78, 5) is 8.77. The van der Waals surface area contributed by atoms with Crippen molar-refractivity contribution in [1.29, 1.82) is 0 Å². The van der Waals surface area contributed by atoms with Gasteiger partial charge in [-0.15, -0.1) is 0 Å². The van der Waals surface area contributed by atoms with Gasteiger partial charge in [-0.1, -0.05) is 12.1 Å². The van der Waals surface area contributed by atoms with E-state index in [1.54, 1.807) is 6.20 Å². The highest BCUT2D eigenvalue weighted by atomic mass is 15.1. The standard InChI is InChI=1S/C15H16N4/c1-2-19-14-8-4-3-7-13(14)18-15(19)11-17-12-6-5-9-16-10-12/h3-10,17H,2,11H2,1H3. The fourth-order valence-electron chi connectivity index (χ4n) is 2.26. The minimum Gasteiger partial charge on any atom is -0.377 e. The summed E-state index contributed by atoms with van der Waals surface area (Å²) in [6.07, 6.45) is 3.59. The maximum Gasteiger partial charge on any atom is 0.129 e. The lowest BCUT2D eigenvalue weighted by Gasteiger charge is -2.08. The van der Waals surface area contributed by atoms with Crippen molar-refractivity contribution in [1.82, 2.24) is 14.5 Å². The Labute approximate surface area is 112 Å². The Balaban J connectivity index is 1.88. The second-order valence-corrected chi connectivity index (χ2v) is 4.36. The first-order valence-corrected chi connectivity index (χ1v) is 6.46. The van der Waals surface area contributed by atoms with Crippen LogP contribution in [0.4, 0.5) is 5.69 Å². The molecule has 0 aliphatic heterocycles. The van der Waals surface area contributed by atoms with Crippen LogP contribution in [0.15, 0.2) is 48.8 Å². The van der Waals surface area contributed by atoms with E-state index in [0.717, 1.165) is 23.6 Å². The van der Waals surface area contributed by atoms with Crippen LogP contribution in [-0.4, -0.2) is 14.5 Å². The summed E-state index contributed by atoms with van der Waals surface area (Å²) in [5.41, 5.74) is 3.25. The van der Waals surface area contributed by atoms with Crippen molar-refractivity contribution in [2.75, 3.05) is 5.32 Å². The van der Waals surface area contributed by atoms with Crippen molar-refractivity contribution in [3.63, 3.8) is 0 Å². The molecule has 4 heteroatoms. The Kier molecular flexibility index (Phi) is 3.14. The lowest BCUT2D eigenvalue weighted by atomic mass is 10.3. The van der Waals surface area contributed by atoms with Gasteiger partial charge in [0.2, 0.25) is 0 Å². The first kappa shape index (κ1) is 11.7. The molecule has 4 nitrogen and oxygen atoms in total. The van der Waals surface area contributed by atoms with E-state index in [-0.39, 0.29) is 0 Å². The molecule has 1 aromatic carbocycles. The summed E-state index contributed by atoms with van der Waals surface area (Å²) in [7, 11) is 0. The minimum absolute atomic E-state index is 0.703. The predicted molar refractivity (Wildman–Crippen MR) is 77.0 cm³/mol. The molecule has 3 rings (SSSR count). The molecular weight excluding hydrogens is 236 g/mol. The van der Waals surface area contributed by atoms with Gasteiger partial charge in [0.15, 0.2) is 0 Å². The molecule has 3 aromatic rings. The third-order valence-electron chi connectivity index (χ3n) is 3.16. The molecule has 2 aromatic heterocycles. The van der Waals surface area contributed by atoms with E-state index < -0.39 is 0 Å². The molecule has 0 unspecified atom stereocenters. The Morgan fingerprint density at radius 3 is 2.84 bits per heavy atom. The number of benzene rings is 1. The normalized spacial score (nSPS) is 10.8. The number of aryl methyl sites for hydroxylation is 1. The second-order valence-electron chi connectivity index (χ2n) is 4.36. The van der Waals surface area contributed by atoms with Crippen LogP contribution in [0.25, 0.3) is 11.0 Å². The maximum absolute atomic E-state index is 4.68. The molecule has 0 aliphatic rings. The van der Waals surface area contributed by atoms with Crippen LogP contribution in [0, 0.1) is 0 Å². The van der Waals surface area contributed by atoms with E-state index in [4.69, 9.17) is 0 Å². The topological polar surface area (TPSA) is 42.7 Å². The number of rotatable bonds is 4. The van der Waals surface area contributed by atoms with Crippen LogP contribution >= 0.6 is 0 Å². The van der Waals surface area contributed by atoms with Gasteiger partial charge < -0.3 is 9.88 Å². The summed E-state index contributed by atoms with van der Waals surface area (Å²) in [5, 5.41) is 3.35. The Bertz CT molecular complexity index is 673. The van der Waals surface area contributed by atoms with Gasteiger partial charge in [-0.2, -0.15) is 0 Å². The number of para-hydroxylation sites is 2. The van der Waals surface area contributed by atoms with Gasteiger partial charge in [0.25, 0.3) is 0 Å². The summed E-state index contributed by atoms with van der Waals surface area (Å²) >= 11 is 0. The van der Waals surface area contributed by atoms with Gasteiger partial charge in [-0.3, -0.25) is 4.98 Å². The molecule has 1 N–H and O–H groups in total. The van der Waals surface area contributed by atoms with E-state index in [1.165, 1.54) is 5.52 Å². The first-order valence-electron chi connectivity index (χ1n) is 6.46. The third kappa shape index (κ3) is 2.29. The van der Waals surface area contributed by atoms with E-state index >= 15 is 0 Å². The zero-order chi connectivity index (χ0) is 13.1. The number of fused-ring (bicyclic) bond motifs is 1. The minimum atomic E-state index is 0.703. The van der Waals surface area contributed by atoms with Crippen LogP contribution in [0.3, 0.4) is 0 Å². The largest absolute Gasteiger partial charge is 0.377 e. The molecule has 0 radical (unpaired) electrons. The van der Waals surface area contributed by atoms with E-state index in [1.807, 2.05) is 24.4 Å². The summed E-state index contributed by atoms with van der Waals surface area (Å²) in [6.45, 7) is 3.76. The van der Waals surface area contributed by atoms with Crippen molar-refractivity contribution in [3.05, 3.63) is 54.6 Å². The molecule has 0 fully saturated rings. The number of nitrogens with one attached hydrogen (secondary N) is 1. The zero-order valence-electron chi connectivity index (χ0n) is 10.9. The predicted octanol–water partition coefficient (Wildman–Crippen LogP) is 3.06. The van der Waals surface area contributed by atoms with Crippen LogP contribution in [0.2, 0.25) is 0 Å². The molecule has 0 aliphatic carbocycles. The molecule has 19 heavy (non-hydrogen) atoms. The lowest BCUT2D eigenvalue weighted by molar-refractivity contribution is 0.729. The number of hydrogen-bond acceptors (Lipinski definition) is 3. The van der Waals surface area contributed by atoms with E-state index in [0.29, 0.717) is 6.54 Å². The number of hydrogen-bond donors (Lipinski definition) is 1. The van der Waals surface area contributed by atoms with Crippen molar-refractivity contribution >= 4 is 16.7 Å². The number of nitrogens with zero attached hydrogens (tertiary/aromatic N) is 3. The van der Waals surface area contributed by atoms with Gasteiger partial charge in [0.1, 0.15) is 5.82 Å². The fourth-order valence-corrected chi connectivity index (χ4v) is 2.26. The molecule has 0 saturated heterocycles. The van der Waals surface area contributed by atoms with Gasteiger partial charge in [0.05, 0.1) is 23.3 Å². The monoisotopic (exact) mass is 252 g/mol. The van der Waals surface area contributed by atoms with Crippen LogP contribution in [0.5, 0.6) is 0 Å². The highest BCUT2D eigenvalue weighted by Gasteiger charge is 2.08.